The van der Waals surface area contributed by atoms with E-state index in [4.69, 9.17) is 8.83 Å². The first-order valence-corrected chi connectivity index (χ1v) is 39.5. The van der Waals surface area contributed by atoms with Gasteiger partial charge in [0.1, 0.15) is 22.3 Å². The summed E-state index contributed by atoms with van der Waals surface area (Å²) >= 11 is 0. The first kappa shape index (κ1) is 65.0. The molecule has 12 aromatic carbocycles. The first-order chi connectivity index (χ1) is 50.5. The summed E-state index contributed by atoms with van der Waals surface area (Å²) in [5.74, 6) is 0.263. The van der Waals surface area contributed by atoms with Crippen LogP contribution in [0.5, 0.6) is 0 Å². The van der Waals surface area contributed by atoms with E-state index in [2.05, 4.69) is 294 Å². The number of fused-ring (bicyclic) bond motifs is 23. The van der Waals surface area contributed by atoms with E-state index < -0.39 is 0 Å². The van der Waals surface area contributed by atoms with Gasteiger partial charge in [-0.1, -0.05) is 303 Å². The van der Waals surface area contributed by atoms with E-state index in [1.165, 1.54) is 232 Å². The lowest BCUT2D eigenvalue weighted by Gasteiger charge is -2.33. The molecule has 1 unspecified atom stereocenters. The zero-order valence-corrected chi connectivity index (χ0v) is 62.7. The van der Waals surface area contributed by atoms with Gasteiger partial charge in [0, 0.05) is 54.2 Å². The maximum absolute atomic E-state index is 7.19. The number of para-hydroxylation sites is 2. The van der Waals surface area contributed by atoms with E-state index >= 15 is 0 Å². The van der Waals surface area contributed by atoms with Crippen LogP contribution in [0.1, 0.15) is 225 Å². The minimum absolute atomic E-state index is 0.0408. The molecule has 0 fully saturated rings. The predicted molar refractivity (Wildman–Crippen MR) is 438 cm³/mol. The molecule has 0 N–H and O–H groups in total. The smallest absolute Gasteiger partial charge is 0.143 e. The SMILES string of the molecule is CCCCCCCC1(CCCCCCC)c2ccccc2-c2ccc(-c3ccc4c(c3)C(C)(C)c3cc(-c5cc6c(c7c5oc5ccccc57)-c5ccc(CC(Cc7ccc8c(c7)C(C)(C)c7cc9c(cc7-8)C(C)(C)c7ccc8oc%10ccccc%10c8c7-9)c7ccccc7)cc5C6(C)C)ccc3-4)cc21. The molecule has 5 aliphatic carbocycles. The van der Waals surface area contributed by atoms with Gasteiger partial charge in [-0.3, -0.25) is 0 Å². The monoisotopic (exact) mass is 1350 g/mol. The minimum atomic E-state index is -0.285. The van der Waals surface area contributed by atoms with Gasteiger partial charge in [0.2, 0.25) is 0 Å². The van der Waals surface area contributed by atoms with Gasteiger partial charge < -0.3 is 8.83 Å². The summed E-state index contributed by atoms with van der Waals surface area (Å²) in [6, 6.07) is 87.5. The second kappa shape index (κ2) is 24.2. The molecule has 0 spiro atoms. The number of hydrogen-bond donors (Lipinski definition) is 0. The highest BCUT2D eigenvalue weighted by Crippen LogP contribution is 2.62. The highest BCUT2D eigenvalue weighted by molar-refractivity contribution is 6.19. The van der Waals surface area contributed by atoms with Gasteiger partial charge in [-0.15, -0.1) is 0 Å². The Balaban J connectivity index is 0.637. The Morgan fingerprint density at radius 2 is 0.740 bits per heavy atom. The summed E-state index contributed by atoms with van der Waals surface area (Å²) in [5.41, 5.74) is 40.1. The average molecular weight is 1350 g/mol. The summed E-state index contributed by atoms with van der Waals surface area (Å²) in [6.07, 6.45) is 17.4. The minimum Gasteiger partial charge on any atom is -0.456 e. The van der Waals surface area contributed by atoms with E-state index in [1.807, 2.05) is 0 Å². The largest absolute Gasteiger partial charge is 0.456 e. The third kappa shape index (κ3) is 9.71. The Labute approximate surface area is 615 Å². The second-order valence-corrected chi connectivity index (χ2v) is 34.1. The van der Waals surface area contributed by atoms with Crippen LogP contribution in [-0.4, -0.2) is 0 Å². The molecule has 104 heavy (non-hydrogen) atoms. The average Bonchev–Trinajstić information content (AvgIpc) is 1.54. The molecule has 2 nitrogen and oxygen atoms in total. The van der Waals surface area contributed by atoms with Crippen LogP contribution >= 0.6 is 0 Å². The molecule has 5 aliphatic rings. The van der Waals surface area contributed by atoms with Crippen molar-refractivity contribution in [1.29, 1.82) is 0 Å². The molecule has 0 bridgehead atoms. The zero-order chi connectivity index (χ0) is 70.8. The highest BCUT2D eigenvalue weighted by atomic mass is 16.3. The molecule has 19 rings (SSSR count). The molecule has 14 aromatic rings. The van der Waals surface area contributed by atoms with Crippen molar-refractivity contribution in [3.8, 4) is 77.9 Å². The molecule has 2 heterocycles. The van der Waals surface area contributed by atoms with Gasteiger partial charge >= 0.3 is 0 Å². The summed E-state index contributed by atoms with van der Waals surface area (Å²) in [4.78, 5) is 0. The molecule has 0 amide bonds. The molecular weight excluding hydrogens is 1260 g/mol. The van der Waals surface area contributed by atoms with Crippen molar-refractivity contribution in [2.75, 3.05) is 0 Å². The lowest BCUT2D eigenvalue weighted by molar-refractivity contribution is 0.399. The summed E-state index contributed by atoms with van der Waals surface area (Å²) in [6.45, 7) is 24.2. The molecule has 2 heteroatoms. The predicted octanol–water partition coefficient (Wildman–Crippen LogP) is 28.6. The molecule has 0 saturated carbocycles. The fourth-order valence-corrected chi connectivity index (χ4v) is 21.0. The fraction of sp³-hybridized carbons (Fsp3) is 0.294. The van der Waals surface area contributed by atoms with Crippen LogP contribution in [0.15, 0.2) is 233 Å². The normalized spacial score (nSPS) is 16.1. The second-order valence-electron chi connectivity index (χ2n) is 34.1. The first-order valence-electron chi connectivity index (χ1n) is 39.5. The van der Waals surface area contributed by atoms with Gasteiger partial charge in [0.15, 0.2) is 0 Å². The number of hydrogen-bond acceptors (Lipinski definition) is 2. The van der Waals surface area contributed by atoms with Crippen molar-refractivity contribution in [3.63, 3.8) is 0 Å². The topological polar surface area (TPSA) is 26.3 Å². The van der Waals surface area contributed by atoms with Gasteiger partial charge in [-0.05, 0) is 231 Å². The lowest BCUT2D eigenvalue weighted by Crippen LogP contribution is -2.25. The molecular formula is C102H96O2. The van der Waals surface area contributed by atoms with Crippen molar-refractivity contribution >= 4 is 43.9 Å². The third-order valence-corrected chi connectivity index (χ3v) is 26.6. The van der Waals surface area contributed by atoms with Gasteiger partial charge in [-0.2, -0.15) is 0 Å². The van der Waals surface area contributed by atoms with Crippen LogP contribution in [-0.2, 0) is 39.9 Å². The van der Waals surface area contributed by atoms with Crippen LogP contribution in [0.25, 0.3) is 122 Å². The number of unbranched alkanes of at least 4 members (excludes halogenated alkanes) is 8. The van der Waals surface area contributed by atoms with Gasteiger partial charge in [0.05, 0.1) is 0 Å². The molecule has 2 aromatic heterocycles. The summed E-state index contributed by atoms with van der Waals surface area (Å²) in [5, 5.41) is 4.83. The van der Waals surface area contributed by atoms with Crippen molar-refractivity contribution in [3.05, 3.63) is 297 Å². The summed E-state index contributed by atoms with van der Waals surface area (Å²) in [7, 11) is 0. The van der Waals surface area contributed by atoms with E-state index in [0.29, 0.717) is 0 Å². The maximum Gasteiger partial charge on any atom is 0.143 e. The van der Waals surface area contributed by atoms with Crippen molar-refractivity contribution in [1.82, 2.24) is 0 Å². The fourth-order valence-electron chi connectivity index (χ4n) is 21.0. The third-order valence-electron chi connectivity index (χ3n) is 26.6. The van der Waals surface area contributed by atoms with Crippen LogP contribution < -0.4 is 0 Å². The van der Waals surface area contributed by atoms with Crippen LogP contribution in [0.4, 0.5) is 0 Å². The maximum atomic E-state index is 7.19. The van der Waals surface area contributed by atoms with E-state index in [0.717, 1.165) is 40.7 Å². The quantitative estimate of drug-likeness (QED) is 0.0754. The Morgan fingerprint density at radius 1 is 0.288 bits per heavy atom. The molecule has 0 radical (unpaired) electrons. The molecule has 0 aliphatic heterocycles. The van der Waals surface area contributed by atoms with E-state index in [9.17, 15) is 0 Å². The van der Waals surface area contributed by atoms with Crippen LogP contribution in [0.3, 0.4) is 0 Å². The van der Waals surface area contributed by atoms with Crippen molar-refractivity contribution in [2.45, 2.75) is 192 Å². The zero-order valence-electron chi connectivity index (χ0n) is 62.7. The van der Waals surface area contributed by atoms with Crippen LogP contribution in [0, 0.1) is 0 Å². The summed E-state index contributed by atoms with van der Waals surface area (Å²) < 4.78 is 13.7. The Hall–Kier alpha value is -9.76. The Kier molecular flexibility index (Phi) is 15.1. The Morgan fingerprint density at radius 3 is 1.41 bits per heavy atom. The van der Waals surface area contributed by atoms with E-state index in [-0.39, 0.29) is 33.0 Å². The standard InChI is InChI=1S/C102H96O2/c1-11-13-15-17-28-50-102(51-29-18-16-14-12-2)80-35-25-22-32-69(80)72-46-41-66(57-88(72)102)65-40-45-70-71-47-42-67(58-85(71)100(7,8)84(70)56-65)77-59-89-93(96-76-34-24-27-37-91(76)104-97(77)96)74-44-39-63(55-83(74)101(89,9)10)53-68(64-30-20-19-21-31-64)52-62-38-43-73-78-60-87-79(61-86(78)99(5,6)82(73)54-62)94-81(98(87,3)4)48-49-92-95(94)75-33-23-26-36-90(75)103-92/h19-27,30-49,54-61,68H,11-18,28-29,50-53H2,1-10H3. The molecule has 516 valence electrons. The number of rotatable bonds is 19. The van der Waals surface area contributed by atoms with Crippen molar-refractivity contribution < 1.29 is 8.83 Å². The number of furan rings is 2. The van der Waals surface area contributed by atoms with Gasteiger partial charge in [-0.25, -0.2) is 0 Å². The van der Waals surface area contributed by atoms with Crippen molar-refractivity contribution in [2.24, 2.45) is 0 Å². The van der Waals surface area contributed by atoms with E-state index in [1.54, 1.807) is 11.1 Å². The Bertz CT molecular complexity index is 5830. The van der Waals surface area contributed by atoms with Gasteiger partial charge in [0.25, 0.3) is 0 Å². The van der Waals surface area contributed by atoms with Crippen LogP contribution in [0.2, 0.25) is 0 Å². The molecule has 1 atom stereocenters. The number of benzene rings is 12. The highest BCUT2D eigenvalue weighted by Gasteiger charge is 2.46. The molecule has 0 saturated heterocycles. The lowest BCUT2D eigenvalue weighted by atomic mass is 9.70.